The molecule has 0 radical (unpaired) electrons. The van der Waals surface area contributed by atoms with Crippen LogP contribution in [0, 0.1) is 13.8 Å². The van der Waals surface area contributed by atoms with E-state index in [9.17, 15) is 8.42 Å². The van der Waals surface area contributed by atoms with Gasteiger partial charge in [0.2, 0.25) is 10.0 Å². The van der Waals surface area contributed by atoms with Crippen molar-refractivity contribution in [3.05, 3.63) is 23.5 Å². The Morgan fingerprint density at radius 3 is 2.59 bits per heavy atom. The van der Waals surface area contributed by atoms with Gasteiger partial charge in [-0.05, 0) is 38.8 Å². The van der Waals surface area contributed by atoms with Crippen molar-refractivity contribution < 1.29 is 8.42 Å². The van der Waals surface area contributed by atoms with E-state index in [4.69, 9.17) is 11.6 Å². The summed E-state index contributed by atoms with van der Waals surface area (Å²) in [6.07, 6.45) is 1.27. The number of hydrogen-bond donors (Lipinski definition) is 1. The molecule has 1 rings (SSSR count). The number of nitrogens with one attached hydrogen (secondary N) is 1. The highest BCUT2D eigenvalue weighted by Gasteiger charge is 2.11. The number of hydrogen-bond acceptors (Lipinski definition) is 3. The van der Waals surface area contributed by atoms with Crippen LogP contribution in [0.4, 0.5) is 5.69 Å². The highest BCUT2D eigenvalue weighted by atomic mass is 35.5. The molecule has 96 valence electrons. The van der Waals surface area contributed by atoms with Crippen LogP contribution < -0.4 is 4.72 Å². The van der Waals surface area contributed by atoms with Gasteiger partial charge in [0.1, 0.15) is 0 Å². The first-order valence-corrected chi connectivity index (χ1v) is 7.64. The molecule has 0 unspecified atom stereocenters. The average Bonchev–Trinajstić information content (AvgIpc) is 2.22. The maximum atomic E-state index is 11.7. The summed E-state index contributed by atoms with van der Waals surface area (Å²) in [6.45, 7) is 3.65. The molecule has 0 saturated heterocycles. The summed E-state index contributed by atoms with van der Waals surface area (Å²) >= 11 is 5.51. The van der Waals surface area contributed by atoms with Gasteiger partial charge in [-0.3, -0.25) is 9.71 Å². The number of aryl methyl sites for hydroxylation is 2. The smallest absolute Gasteiger partial charge is 0.232 e. The Hall–Kier alpha value is -0.810. The van der Waals surface area contributed by atoms with E-state index in [1.807, 2.05) is 6.92 Å². The van der Waals surface area contributed by atoms with E-state index in [0.29, 0.717) is 30.1 Å². The molecule has 0 spiro atoms. The van der Waals surface area contributed by atoms with Crippen LogP contribution in [0.3, 0.4) is 0 Å². The molecular weight excluding hydrogens is 260 g/mol. The fourth-order valence-electron chi connectivity index (χ4n) is 1.40. The van der Waals surface area contributed by atoms with E-state index in [0.717, 1.165) is 5.69 Å². The molecule has 0 aromatic carbocycles. The van der Waals surface area contributed by atoms with Crippen molar-refractivity contribution >= 4 is 27.3 Å². The van der Waals surface area contributed by atoms with Crippen LogP contribution in [-0.2, 0) is 10.0 Å². The SMILES string of the molecule is Cc1ccc(NS(=O)(=O)CCCCCl)c(C)n1. The maximum Gasteiger partial charge on any atom is 0.232 e. The lowest BCUT2D eigenvalue weighted by Crippen LogP contribution is -2.17. The molecule has 0 fully saturated rings. The summed E-state index contributed by atoms with van der Waals surface area (Å²) in [7, 11) is -3.29. The van der Waals surface area contributed by atoms with Crippen LogP contribution >= 0.6 is 11.6 Å². The van der Waals surface area contributed by atoms with Crippen molar-refractivity contribution in [3.63, 3.8) is 0 Å². The summed E-state index contributed by atoms with van der Waals surface area (Å²) in [6, 6.07) is 3.51. The Balaban J connectivity index is 2.69. The summed E-state index contributed by atoms with van der Waals surface area (Å²) in [5, 5.41) is 0. The first-order chi connectivity index (χ1) is 7.94. The molecule has 17 heavy (non-hydrogen) atoms. The number of pyridine rings is 1. The minimum absolute atomic E-state index is 0.0903. The molecule has 1 N–H and O–H groups in total. The first-order valence-electron chi connectivity index (χ1n) is 5.45. The van der Waals surface area contributed by atoms with E-state index in [1.165, 1.54) is 0 Å². The minimum Gasteiger partial charge on any atom is -0.282 e. The van der Waals surface area contributed by atoms with Crippen molar-refractivity contribution in [2.45, 2.75) is 26.7 Å². The molecule has 4 nitrogen and oxygen atoms in total. The molecule has 1 aromatic heterocycles. The summed E-state index contributed by atoms with van der Waals surface area (Å²) in [5.74, 6) is 0.577. The van der Waals surface area contributed by atoms with Gasteiger partial charge in [0, 0.05) is 11.6 Å². The quantitative estimate of drug-likeness (QED) is 0.641. The van der Waals surface area contributed by atoms with E-state index in [1.54, 1.807) is 19.1 Å². The Morgan fingerprint density at radius 1 is 1.29 bits per heavy atom. The standard InChI is InChI=1S/C11H17ClN2O2S/c1-9-5-6-11(10(2)13-9)14-17(15,16)8-4-3-7-12/h5-6,14H,3-4,7-8H2,1-2H3. The second-order valence-corrected chi connectivity index (χ2v) is 6.12. The van der Waals surface area contributed by atoms with Gasteiger partial charge >= 0.3 is 0 Å². The zero-order valence-electron chi connectivity index (χ0n) is 10.0. The van der Waals surface area contributed by atoms with Gasteiger partial charge in [-0.25, -0.2) is 8.42 Å². The second kappa shape index (κ2) is 6.21. The lowest BCUT2D eigenvalue weighted by atomic mass is 10.3. The Morgan fingerprint density at radius 2 is 2.00 bits per heavy atom. The van der Waals surface area contributed by atoms with Crippen molar-refractivity contribution in [2.24, 2.45) is 0 Å². The normalized spacial score (nSPS) is 11.5. The molecule has 0 aliphatic heterocycles. The molecule has 1 aromatic rings. The highest BCUT2D eigenvalue weighted by Crippen LogP contribution is 2.14. The molecule has 0 aliphatic rings. The summed E-state index contributed by atoms with van der Waals surface area (Å²) in [4.78, 5) is 4.21. The van der Waals surface area contributed by atoms with Gasteiger partial charge in [0.05, 0.1) is 17.1 Å². The topological polar surface area (TPSA) is 59.1 Å². The number of halogens is 1. The van der Waals surface area contributed by atoms with Crippen LogP contribution in [0.2, 0.25) is 0 Å². The molecule has 6 heteroatoms. The van der Waals surface area contributed by atoms with E-state index >= 15 is 0 Å². The van der Waals surface area contributed by atoms with Crippen LogP contribution in [0.15, 0.2) is 12.1 Å². The number of alkyl halides is 1. The Bertz CT molecular complexity index is 474. The summed E-state index contributed by atoms with van der Waals surface area (Å²) in [5.41, 5.74) is 2.10. The fourth-order valence-corrected chi connectivity index (χ4v) is 2.83. The number of aromatic nitrogens is 1. The van der Waals surface area contributed by atoms with Crippen LogP contribution in [0.5, 0.6) is 0 Å². The lowest BCUT2D eigenvalue weighted by Gasteiger charge is -2.10. The third kappa shape index (κ3) is 4.91. The van der Waals surface area contributed by atoms with Gasteiger partial charge in [-0.15, -0.1) is 11.6 Å². The van der Waals surface area contributed by atoms with Gasteiger partial charge < -0.3 is 0 Å². The number of unbranched alkanes of at least 4 members (excludes halogenated alkanes) is 1. The lowest BCUT2D eigenvalue weighted by molar-refractivity contribution is 0.598. The molecular formula is C11H17ClN2O2S. The molecule has 0 amide bonds. The molecule has 0 aliphatic carbocycles. The first kappa shape index (κ1) is 14.3. The Labute approximate surface area is 107 Å². The zero-order chi connectivity index (χ0) is 12.9. The molecule has 0 saturated carbocycles. The van der Waals surface area contributed by atoms with Crippen LogP contribution in [0.25, 0.3) is 0 Å². The van der Waals surface area contributed by atoms with Crippen molar-refractivity contribution in [1.29, 1.82) is 0 Å². The molecule has 0 bridgehead atoms. The minimum atomic E-state index is -3.29. The number of nitrogens with zero attached hydrogens (tertiary/aromatic N) is 1. The fraction of sp³-hybridized carbons (Fsp3) is 0.545. The molecule has 1 heterocycles. The van der Waals surface area contributed by atoms with Crippen LogP contribution in [0.1, 0.15) is 24.2 Å². The van der Waals surface area contributed by atoms with Crippen molar-refractivity contribution in [2.75, 3.05) is 16.4 Å². The van der Waals surface area contributed by atoms with Crippen molar-refractivity contribution in [1.82, 2.24) is 4.98 Å². The van der Waals surface area contributed by atoms with Gasteiger partial charge in [-0.1, -0.05) is 0 Å². The monoisotopic (exact) mass is 276 g/mol. The number of anilines is 1. The third-order valence-corrected chi connectivity index (χ3v) is 3.91. The summed E-state index contributed by atoms with van der Waals surface area (Å²) < 4.78 is 26.0. The highest BCUT2D eigenvalue weighted by molar-refractivity contribution is 7.92. The number of rotatable bonds is 6. The molecule has 0 atom stereocenters. The second-order valence-electron chi connectivity index (χ2n) is 3.90. The van der Waals surface area contributed by atoms with Gasteiger partial charge in [0.25, 0.3) is 0 Å². The third-order valence-electron chi connectivity index (χ3n) is 2.29. The largest absolute Gasteiger partial charge is 0.282 e. The predicted molar refractivity (Wildman–Crippen MR) is 71.1 cm³/mol. The van der Waals surface area contributed by atoms with Gasteiger partial charge in [-0.2, -0.15) is 0 Å². The predicted octanol–water partition coefficient (Wildman–Crippen LogP) is 2.46. The maximum absolute atomic E-state index is 11.7. The average molecular weight is 277 g/mol. The number of sulfonamides is 1. The van der Waals surface area contributed by atoms with Crippen molar-refractivity contribution in [3.8, 4) is 0 Å². The zero-order valence-corrected chi connectivity index (χ0v) is 11.6. The van der Waals surface area contributed by atoms with Gasteiger partial charge in [0.15, 0.2) is 0 Å². The van der Waals surface area contributed by atoms with E-state index in [2.05, 4.69) is 9.71 Å². The Kier molecular flexibility index (Phi) is 5.21. The van der Waals surface area contributed by atoms with Crippen LogP contribution in [-0.4, -0.2) is 25.0 Å². The van der Waals surface area contributed by atoms with E-state index < -0.39 is 10.0 Å². The van der Waals surface area contributed by atoms with E-state index in [-0.39, 0.29) is 5.75 Å².